The predicted octanol–water partition coefficient (Wildman–Crippen LogP) is 1.27. The minimum Gasteiger partial charge on any atom is -0.353 e. The maximum Gasteiger partial charge on any atom is 0.221 e. The molecule has 0 aromatic carbocycles. The first-order chi connectivity index (χ1) is 6.33. The molecule has 2 unspecified atom stereocenters. The van der Waals surface area contributed by atoms with Gasteiger partial charge in [0, 0.05) is 18.5 Å². The van der Waals surface area contributed by atoms with Crippen LogP contribution in [0.3, 0.4) is 0 Å². The van der Waals surface area contributed by atoms with E-state index in [0.29, 0.717) is 23.8 Å². The number of nitrogens with two attached hydrogens (primary N) is 1. The van der Waals surface area contributed by atoms with Gasteiger partial charge in [-0.2, -0.15) is 0 Å². The van der Waals surface area contributed by atoms with Crippen molar-refractivity contribution in [2.75, 3.05) is 0 Å². The van der Waals surface area contributed by atoms with E-state index in [-0.39, 0.29) is 11.9 Å². The fourth-order valence-corrected chi connectivity index (χ4v) is 1.42. The summed E-state index contributed by atoms with van der Waals surface area (Å²) in [6.07, 6.45) is 1.54. The molecule has 0 heterocycles. The lowest BCUT2D eigenvalue weighted by atomic mass is 10.0. The van der Waals surface area contributed by atoms with Gasteiger partial charge in [-0.25, -0.2) is 0 Å². The van der Waals surface area contributed by atoms with Gasteiger partial charge in [0.1, 0.15) is 0 Å². The van der Waals surface area contributed by atoms with E-state index < -0.39 is 0 Å². The van der Waals surface area contributed by atoms with Crippen LogP contribution in [-0.2, 0) is 4.79 Å². The van der Waals surface area contributed by atoms with Gasteiger partial charge < -0.3 is 11.1 Å². The first-order valence-corrected chi connectivity index (χ1v) is 5.38. The Morgan fingerprint density at radius 1 is 1.57 bits per heavy atom. The van der Waals surface area contributed by atoms with Crippen LogP contribution in [0, 0.1) is 11.3 Å². The molecule has 0 aromatic rings. The lowest BCUT2D eigenvalue weighted by Gasteiger charge is -2.15. The average Bonchev–Trinajstić information content (AvgIpc) is 2.57. The Morgan fingerprint density at radius 2 is 2.07 bits per heavy atom. The molecule has 3 heteroatoms. The highest BCUT2D eigenvalue weighted by Gasteiger charge is 2.46. The van der Waals surface area contributed by atoms with Crippen LogP contribution in [0.5, 0.6) is 0 Å². The maximum absolute atomic E-state index is 11.5. The molecule has 14 heavy (non-hydrogen) atoms. The zero-order valence-electron chi connectivity index (χ0n) is 9.63. The average molecular weight is 198 g/mol. The van der Waals surface area contributed by atoms with Crippen molar-refractivity contribution in [2.24, 2.45) is 17.1 Å². The standard InChI is InChI=1S/C11H22N2O/c1-7(2)8(12)5-10(14)13-9-6-11(9,3)4/h7-9H,5-6,12H2,1-4H3,(H,13,14). The van der Waals surface area contributed by atoms with E-state index in [1.165, 1.54) is 0 Å². The van der Waals surface area contributed by atoms with Crippen LogP contribution in [-0.4, -0.2) is 18.0 Å². The van der Waals surface area contributed by atoms with Gasteiger partial charge in [0.25, 0.3) is 0 Å². The third-order valence-electron chi connectivity index (χ3n) is 3.13. The zero-order chi connectivity index (χ0) is 10.9. The van der Waals surface area contributed by atoms with Crippen LogP contribution in [0.15, 0.2) is 0 Å². The number of amides is 1. The highest BCUT2D eigenvalue weighted by atomic mass is 16.1. The number of carbonyl (C=O) groups is 1. The molecule has 0 radical (unpaired) electrons. The van der Waals surface area contributed by atoms with Crippen LogP contribution in [0.4, 0.5) is 0 Å². The zero-order valence-corrected chi connectivity index (χ0v) is 9.63. The molecule has 0 spiro atoms. The Hall–Kier alpha value is -0.570. The van der Waals surface area contributed by atoms with Crippen molar-refractivity contribution < 1.29 is 4.79 Å². The first kappa shape index (κ1) is 11.5. The number of carbonyl (C=O) groups excluding carboxylic acids is 1. The van der Waals surface area contributed by atoms with E-state index in [1.54, 1.807) is 0 Å². The molecule has 1 amide bonds. The molecule has 0 bridgehead atoms. The molecule has 1 aliphatic rings. The van der Waals surface area contributed by atoms with Gasteiger partial charge in [0.2, 0.25) is 5.91 Å². The van der Waals surface area contributed by atoms with E-state index in [1.807, 2.05) is 13.8 Å². The molecule has 0 aromatic heterocycles. The Morgan fingerprint density at radius 3 is 2.43 bits per heavy atom. The smallest absolute Gasteiger partial charge is 0.221 e. The second-order valence-corrected chi connectivity index (χ2v) is 5.42. The summed E-state index contributed by atoms with van der Waals surface area (Å²) in [5.74, 6) is 0.467. The van der Waals surface area contributed by atoms with E-state index in [9.17, 15) is 4.79 Å². The summed E-state index contributed by atoms with van der Waals surface area (Å²) in [6.45, 7) is 8.42. The Balaban J connectivity index is 2.24. The van der Waals surface area contributed by atoms with Gasteiger partial charge in [-0.3, -0.25) is 4.79 Å². The molecule has 1 fully saturated rings. The Bertz CT molecular complexity index is 217. The highest BCUT2D eigenvalue weighted by Crippen LogP contribution is 2.44. The fraction of sp³-hybridized carbons (Fsp3) is 0.909. The molecular weight excluding hydrogens is 176 g/mol. The van der Waals surface area contributed by atoms with Gasteiger partial charge in [-0.1, -0.05) is 27.7 Å². The molecule has 1 saturated carbocycles. The molecule has 1 rings (SSSR count). The van der Waals surface area contributed by atoms with Crippen molar-refractivity contribution in [1.82, 2.24) is 5.32 Å². The van der Waals surface area contributed by atoms with Gasteiger partial charge >= 0.3 is 0 Å². The fourth-order valence-electron chi connectivity index (χ4n) is 1.42. The largest absolute Gasteiger partial charge is 0.353 e. The molecule has 0 saturated heterocycles. The predicted molar refractivity (Wildman–Crippen MR) is 57.8 cm³/mol. The van der Waals surface area contributed by atoms with Crippen LogP contribution in [0.2, 0.25) is 0 Å². The van der Waals surface area contributed by atoms with Crippen LogP contribution in [0.25, 0.3) is 0 Å². The van der Waals surface area contributed by atoms with Gasteiger partial charge in [0.15, 0.2) is 0 Å². The van der Waals surface area contributed by atoms with E-state index in [0.717, 1.165) is 6.42 Å². The molecular formula is C11H22N2O. The Labute approximate surface area is 86.4 Å². The summed E-state index contributed by atoms with van der Waals surface area (Å²) in [4.78, 5) is 11.5. The summed E-state index contributed by atoms with van der Waals surface area (Å²) >= 11 is 0. The normalized spacial score (nSPS) is 26.0. The van der Waals surface area contributed by atoms with Crippen molar-refractivity contribution >= 4 is 5.91 Å². The minimum absolute atomic E-state index is 0.0168. The molecule has 1 aliphatic carbocycles. The topological polar surface area (TPSA) is 55.1 Å². The summed E-state index contributed by atoms with van der Waals surface area (Å²) < 4.78 is 0. The number of hydrogen-bond acceptors (Lipinski definition) is 2. The van der Waals surface area contributed by atoms with Gasteiger partial charge in [-0.05, 0) is 17.8 Å². The molecule has 3 nitrogen and oxygen atoms in total. The number of rotatable bonds is 4. The second kappa shape index (κ2) is 3.89. The second-order valence-electron chi connectivity index (χ2n) is 5.42. The summed E-state index contributed by atoms with van der Waals surface area (Å²) in [5.41, 5.74) is 6.12. The van der Waals surface area contributed by atoms with E-state index in [2.05, 4.69) is 19.2 Å². The van der Waals surface area contributed by atoms with Crippen LogP contribution >= 0.6 is 0 Å². The summed E-state index contributed by atoms with van der Waals surface area (Å²) in [7, 11) is 0. The van der Waals surface area contributed by atoms with E-state index in [4.69, 9.17) is 5.73 Å². The molecule has 2 atom stereocenters. The summed E-state index contributed by atoms with van der Waals surface area (Å²) in [5, 5.41) is 3.01. The molecule has 82 valence electrons. The van der Waals surface area contributed by atoms with Crippen molar-refractivity contribution in [3.8, 4) is 0 Å². The number of hydrogen-bond donors (Lipinski definition) is 2. The van der Waals surface area contributed by atoms with Crippen LogP contribution in [0.1, 0.15) is 40.5 Å². The highest BCUT2D eigenvalue weighted by molar-refractivity contribution is 5.77. The Kier molecular flexibility index (Phi) is 3.20. The monoisotopic (exact) mass is 198 g/mol. The van der Waals surface area contributed by atoms with Crippen molar-refractivity contribution in [3.05, 3.63) is 0 Å². The lowest BCUT2D eigenvalue weighted by molar-refractivity contribution is -0.121. The third-order valence-corrected chi connectivity index (χ3v) is 3.13. The van der Waals surface area contributed by atoms with Crippen molar-refractivity contribution in [1.29, 1.82) is 0 Å². The van der Waals surface area contributed by atoms with Crippen LogP contribution < -0.4 is 11.1 Å². The first-order valence-electron chi connectivity index (χ1n) is 5.38. The summed E-state index contributed by atoms with van der Waals surface area (Å²) in [6, 6.07) is 0.353. The molecule has 3 N–H and O–H groups in total. The van der Waals surface area contributed by atoms with Crippen molar-refractivity contribution in [2.45, 2.75) is 52.6 Å². The molecule has 0 aliphatic heterocycles. The van der Waals surface area contributed by atoms with Crippen molar-refractivity contribution in [3.63, 3.8) is 0 Å². The quantitative estimate of drug-likeness (QED) is 0.715. The maximum atomic E-state index is 11.5. The van der Waals surface area contributed by atoms with Gasteiger partial charge in [0.05, 0.1) is 0 Å². The minimum atomic E-state index is -0.0168. The number of nitrogens with one attached hydrogen (secondary N) is 1. The lowest BCUT2D eigenvalue weighted by Crippen LogP contribution is -2.36. The third kappa shape index (κ3) is 2.98. The van der Waals surface area contributed by atoms with E-state index >= 15 is 0 Å². The SMILES string of the molecule is CC(C)C(N)CC(=O)NC1CC1(C)C. The van der Waals surface area contributed by atoms with Gasteiger partial charge in [-0.15, -0.1) is 0 Å².